The Morgan fingerprint density at radius 2 is 2.00 bits per heavy atom. The van der Waals surface area contributed by atoms with Gasteiger partial charge in [0.25, 0.3) is 0 Å². The predicted molar refractivity (Wildman–Crippen MR) is 63.8 cm³/mol. The molecular weight excluding hydrogens is 248 g/mol. The van der Waals surface area contributed by atoms with Crippen LogP contribution >= 0.6 is 0 Å². The molecule has 2 aromatic heterocycles. The van der Waals surface area contributed by atoms with Gasteiger partial charge in [0.05, 0.1) is 5.69 Å². The molecule has 3 rings (SSSR count). The highest BCUT2D eigenvalue weighted by Crippen LogP contribution is 2.01. The molecule has 1 aromatic carbocycles. The normalized spacial score (nSPS) is 10.8. The lowest BCUT2D eigenvalue weighted by molar-refractivity contribution is 0.384. The van der Waals surface area contributed by atoms with Crippen LogP contribution in [0.4, 0.5) is 0 Å². The summed E-state index contributed by atoms with van der Waals surface area (Å²) in [5.41, 5.74) is 0.302. The van der Waals surface area contributed by atoms with Crippen molar-refractivity contribution in [2.24, 2.45) is 0 Å². The minimum atomic E-state index is -0.353. The van der Waals surface area contributed by atoms with Crippen molar-refractivity contribution in [2.45, 2.75) is 13.5 Å². The molecule has 0 unspecified atom stereocenters. The van der Waals surface area contributed by atoms with E-state index in [0.717, 1.165) is 0 Å². The molecule has 19 heavy (non-hydrogen) atoms. The molecule has 0 N–H and O–H groups in total. The topological polar surface area (TPSA) is 91.6 Å². The van der Waals surface area contributed by atoms with Gasteiger partial charge in [-0.1, -0.05) is 23.4 Å². The van der Waals surface area contributed by atoms with Gasteiger partial charge in [-0.2, -0.15) is 14.3 Å². The van der Waals surface area contributed by atoms with Crippen LogP contribution in [0.5, 0.6) is 0 Å². The molecule has 0 atom stereocenters. The fourth-order valence-electron chi connectivity index (χ4n) is 1.64. The quantitative estimate of drug-likeness (QED) is 0.665. The van der Waals surface area contributed by atoms with Crippen LogP contribution in [-0.4, -0.2) is 29.9 Å². The molecular formula is C11H10N6O2. The first-order valence-corrected chi connectivity index (χ1v) is 5.61. The van der Waals surface area contributed by atoms with Crippen LogP contribution in [0.15, 0.2) is 39.6 Å². The maximum atomic E-state index is 12.1. The summed E-state index contributed by atoms with van der Waals surface area (Å²) >= 11 is 0. The van der Waals surface area contributed by atoms with Crippen molar-refractivity contribution in [3.8, 4) is 5.69 Å². The van der Waals surface area contributed by atoms with Crippen molar-refractivity contribution in [1.29, 1.82) is 0 Å². The largest absolute Gasteiger partial charge is 0.368 e. The van der Waals surface area contributed by atoms with Gasteiger partial charge in [-0.15, -0.1) is 0 Å². The molecule has 0 aliphatic heterocycles. The fraction of sp³-hybridized carbons (Fsp3) is 0.182. The van der Waals surface area contributed by atoms with E-state index in [-0.39, 0.29) is 12.2 Å². The second kappa shape index (κ2) is 4.48. The van der Waals surface area contributed by atoms with Crippen molar-refractivity contribution in [1.82, 2.24) is 29.9 Å². The summed E-state index contributed by atoms with van der Waals surface area (Å²) in [6, 6.07) is 9.06. The van der Waals surface area contributed by atoms with Gasteiger partial charge in [0.1, 0.15) is 6.54 Å². The summed E-state index contributed by atoms with van der Waals surface area (Å²) < 4.78 is 7.23. The average molecular weight is 258 g/mol. The van der Waals surface area contributed by atoms with Crippen molar-refractivity contribution < 1.29 is 4.52 Å². The van der Waals surface area contributed by atoms with E-state index < -0.39 is 0 Å². The monoisotopic (exact) mass is 258 g/mol. The zero-order valence-corrected chi connectivity index (χ0v) is 10.1. The molecule has 0 bridgehead atoms. The van der Waals surface area contributed by atoms with Gasteiger partial charge in [-0.05, 0) is 22.6 Å². The standard InChI is InChI=1S/C11H10N6O2/c1-8-12-10(13-19-8)7-16-11(18)17(15-14-16)9-5-3-2-4-6-9/h2-6H,7H2,1H3. The number of hydrogen-bond acceptors (Lipinski definition) is 6. The Morgan fingerprint density at radius 1 is 1.21 bits per heavy atom. The Labute approximate surface area is 107 Å². The van der Waals surface area contributed by atoms with Gasteiger partial charge in [0, 0.05) is 6.92 Å². The second-order valence-electron chi connectivity index (χ2n) is 3.90. The summed E-state index contributed by atoms with van der Waals surface area (Å²) in [5, 5.41) is 11.3. The molecule has 96 valence electrons. The van der Waals surface area contributed by atoms with Crippen LogP contribution in [-0.2, 0) is 6.54 Å². The third-order valence-corrected chi connectivity index (χ3v) is 2.50. The van der Waals surface area contributed by atoms with Gasteiger partial charge in [-0.3, -0.25) is 0 Å². The minimum absolute atomic E-state index is 0.128. The summed E-state index contributed by atoms with van der Waals surface area (Å²) in [7, 11) is 0. The smallest absolute Gasteiger partial charge is 0.340 e. The third kappa shape index (κ3) is 2.15. The molecule has 8 heteroatoms. The maximum absolute atomic E-state index is 12.1. The lowest BCUT2D eigenvalue weighted by atomic mass is 10.3. The number of aryl methyl sites for hydroxylation is 1. The first-order valence-electron chi connectivity index (χ1n) is 5.61. The van der Waals surface area contributed by atoms with Gasteiger partial charge >= 0.3 is 5.69 Å². The van der Waals surface area contributed by atoms with E-state index in [2.05, 4.69) is 20.6 Å². The Balaban J connectivity index is 1.93. The van der Waals surface area contributed by atoms with E-state index in [1.54, 1.807) is 19.1 Å². The van der Waals surface area contributed by atoms with Crippen molar-refractivity contribution >= 4 is 0 Å². The van der Waals surface area contributed by atoms with Crippen LogP contribution in [0.3, 0.4) is 0 Å². The SMILES string of the molecule is Cc1nc(Cn2nnn(-c3ccccc3)c2=O)no1. The van der Waals surface area contributed by atoms with Crippen molar-refractivity contribution in [2.75, 3.05) is 0 Å². The molecule has 0 spiro atoms. The van der Waals surface area contributed by atoms with E-state index in [0.29, 0.717) is 17.4 Å². The van der Waals surface area contributed by atoms with Gasteiger partial charge in [0.2, 0.25) is 5.89 Å². The molecule has 0 fully saturated rings. The number of hydrogen-bond donors (Lipinski definition) is 0. The molecule has 0 radical (unpaired) electrons. The molecule has 0 aliphatic carbocycles. The molecule has 2 heterocycles. The lowest BCUT2D eigenvalue weighted by Crippen LogP contribution is -2.25. The molecule has 0 amide bonds. The van der Waals surface area contributed by atoms with E-state index in [1.807, 2.05) is 18.2 Å². The zero-order chi connectivity index (χ0) is 13.2. The average Bonchev–Trinajstić information content (AvgIpc) is 2.99. The van der Waals surface area contributed by atoms with Gasteiger partial charge in [-0.25, -0.2) is 4.79 Å². The Kier molecular flexibility index (Phi) is 2.67. The van der Waals surface area contributed by atoms with Crippen molar-refractivity contribution in [3.05, 3.63) is 52.5 Å². The number of benzene rings is 1. The van der Waals surface area contributed by atoms with E-state index >= 15 is 0 Å². The van der Waals surface area contributed by atoms with Gasteiger partial charge in [0.15, 0.2) is 5.82 Å². The molecule has 0 aliphatic rings. The molecule has 3 aromatic rings. The zero-order valence-electron chi connectivity index (χ0n) is 10.1. The molecule has 0 saturated carbocycles. The fourth-order valence-corrected chi connectivity index (χ4v) is 1.64. The first kappa shape index (κ1) is 11.3. The Morgan fingerprint density at radius 3 is 2.68 bits per heavy atom. The number of rotatable bonds is 3. The Bertz CT molecular complexity index is 742. The summed E-state index contributed by atoms with van der Waals surface area (Å²) in [4.78, 5) is 16.1. The van der Waals surface area contributed by atoms with Crippen LogP contribution < -0.4 is 5.69 Å². The first-order chi connectivity index (χ1) is 9.24. The van der Waals surface area contributed by atoms with Crippen molar-refractivity contribution in [3.63, 3.8) is 0 Å². The second-order valence-corrected chi connectivity index (χ2v) is 3.90. The number of aromatic nitrogens is 6. The van der Waals surface area contributed by atoms with Crippen LogP contribution in [0, 0.1) is 6.92 Å². The molecule has 8 nitrogen and oxygen atoms in total. The highest BCUT2D eigenvalue weighted by Gasteiger charge is 2.11. The van der Waals surface area contributed by atoms with E-state index in [9.17, 15) is 4.79 Å². The maximum Gasteiger partial charge on any atom is 0.368 e. The van der Waals surface area contributed by atoms with Crippen LogP contribution in [0.25, 0.3) is 5.69 Å². The van der Waals surface area contributed by atoms with Crippen LogP contribution in [0.2, 0.25) is 0 Å². The highest BCUT2D eigenvalue weighted by atomic mass is 16.5. The van der Waals surface area contributed by atoms with Gasteiger partial charge < -0.3 is 4.52 Å². The summed E-state index contributed by atoms with van der Waals surface area (Å²) in [6.07, 6.45) is 0. The number of para-hydroxylation sites is 1. The number of tetrazole rings is 1. The third-order valence-electron chi connectivity index (χ3n) is 2.50. The van der Waals surface area contributed by atoms with Crippen LogP contribution in [0.1, 0.15) is 11.7 Å². The Hall–Kier alpha value is -2.77. The highest BCUT2D eigenvalue weighted by molar-refractivity contribution is 5.28. The minimum Gasteiger partial charge on any atom is -0.340 e. The lowest BCUT2D eigenvalue weighted by Gasteiger charge is -1.95. The summed E-state index contributed by atoms with van der Waals surface area (Å²) in [5.74, 6) is 0.832. The predicted octanol–water partition coefficient (Wildman–Crippen LogP) is 0.169. The summed E-state index contributed by atoms with van der Waals surface area (Å²) in [6.45, 7) is 1.81. The molecule has 0 saturated heterocycles. The van der Waals surface area contributed by atoms with E-state index in [1.165, 1.54) is 9.36 Å². The van der Waals surface area contributed by atoms with E-state index in [4.69, 9.17) is 4.52 Å². The number of nitrogens with zero attached hydrogens (tertiary/aromatic N) is 6.